The van der Waals surface area contributed by atoms with E-state index in [1.54, 1.807) is 24.3 Å². The maximum absolute atomic E-state index is 9.92. The Morgan fingerprint density at radius 3 is 1.33 bits per heavy atom. The summed E-state index contributed by atoms with van der Waals surface area (Å²) in [6.07, 6.45) is 2.17. The minimum Gasteiger partial charge on any atom is -0.399 e. The third-order valence-electron chi connectivity index (χ3n) is 1.49. The Hall–Kier alpha value is -2.30. The second kappa shape index (κ2) is 4.80. The Morgan fingerprint density at radius 2 is 1.13 bits per heavy atom. The van der Waals surface area contributed by atoms with Gasteiger partial charge in [0, 0.05) is 23.5 Å². The van der Waals surface area contributed by atoms with Crippen molar-refractivity contribution in [3.05, 3.63) is 36.4 Å². The monoisotopic (exact) mass is 206 g/mol. The number of benzene rings is 1. The van der Waals surface area contributed by atoms with Crippen LogP contribution in [0.15, 0.2) is 36.4 Å². The van der Waals surface area contributed by atoms with Gasteiger partial charge in [0.15, 0.2) is 0 Å². The van der Waals surface area contributed by atoms with Gasteiger partial charge in [0.25, 0.3) is 0 Å². The Morgan fingerprint density at radius 1 is 0.800 bits per heavy atom. The first-order valence-corrected chi connectivity index (χ1v) is 4.13. The molecule has 5 heteroatoms. The summed E-state index contributed by atoms with van der Waals surface area (Å²) in [7, 11) is 0. The highest BCUT2D eigenvalue weighted by Gasteiger charge is 2.10. The first kappa shape index (κ1) is 10.8. The van der Waals surface area contributed by atoms with Gasteiger partial charge in [-0.25, -0.2) is 9.59 Å². The van der Waals surface area contributed by atoms with Crippen molar-refractivity contribution in [1.29, 1.82) is 0 Å². The van der Waals surface area contributed by atoms with E-state index in [-0.39, 0.29) is 0 Å². The smallest absolute Gasteiger partial charge is 0.338 e. The molecule has 1 aromatic carbocycles. The molecule has 0 saturated carbocycles. The quantitative estimate of drug-likeness (QED) is 0.365. The van der Waals surface area contributed by atoms with E-state index in [0.717, 1.165) is 23.5 Å². The number of nitrogen functional groups attached to an aromatic ring is 2. The third kappa shape index (κ3) is 3.95. The molecule has 0 fully saturated rings. The SMILES string of the molecule is Nc1ccc(N)cc1.O=C1C=CC(=O)O1. The third-order valence-corrected chi connectivity index (χ3v) is 1.49. The number of hydrogen-bond donors (Lipinski definition) is 2. The van der Waals surface area contributed by atoms with E-state index >= 15 is 0 Å². The summed E-state index contributed by atoms with van der Waals surface area (Å²) in [4.78, 5) is 19.8. The topological polar surface area (TPSA) is 95.4 Å². The molecule has 0 bridgehead atoms. The molecule has 0 saturated heterocycles. The van der Waals surface area contributed by atoms with E-state index in [1.807, 2.05) is 0 Å². The van der Waals surface area contributed by atoms with Crippen molar-refractivity contribution in [2.24, 2.45) is 0 Å². The molecule has 0 unspecified atom stereocenters. The van der Waals surface area contributed by atoms with E-state index in [4.69, 9.17) is 11.5 Å². The van der Waals surface area contributed by atoms with Gasteiger partial charge in [-0.2, -0.15) is 0 Å². The van der Waals surface area contributed by atoms with Crippen molar-refractivity contribution >= 4 is 23.3 Å². The zero-order chi connectivity index (χ0) is 11.3. The standard InChI is InChI=1S/C6H8N2.C4H2O3/c7-5-1-2-6(8)4-3-5;5-3-1-2-4(6)7-3/h1-4H,7-8H2;1-2H. The highest BCUT2D eigenvalue weighted by Crippen LogP contribution is 2.04. The number of carbonyl (C=O) groups is 2. The summed E-state index contributed by atoms with van der Waals surface area (Å²) >= 11 is 0. The predicted molar refractivity (Wildman–Crippen MR) is 55.5 cm³/mol. The highest BCUT2D eigenvalue weighted by molar-refractivity contribution is 6.04. The molecule has 1 aliphatic rings. The van der Waals surface area contributed by atoms with E-state index in [2.05, 4.69) is 4.74 Å². The van der Waals surface area contributed by atoms with Gasteiger partial charge in [-0.3, -0.25) is 0 Å². The molecule has 2 rings (SSSR count). The summed E-state index contributed by atoms with van der Waals surface area (Å²) in [6, 6.07) is 7.09. The second-order valence-electron chi connectivity index (χ2n) is 2.74. The normalized spacial score (nSPS) is 13.1. The summed E-state index contributed by atoms with van der Waals surface area (Å²) in [5.74, 6) is -1.16. The highest BCUT2D eigenvalue weighted by atomic mass is 16.6. The predicted octanol–water partition coefficient (Wildman–Crippen LogP) is 0.477. The van der Waals surface area contributed by atoms with Crippen LogP contribution in [0.4, 0.5) is 11.4 Å². The molecule has 0 atom stereocenters. The first-order chi connectivity index (χ1) is 7.08. The van der Waals surface area contributed by atoms with Gasteiger partial charge in [0.05, 0.1) is 0 Å². The molecule has 15 heavy (non-hydrogen) atoms. The fraction of sp³-hybridized carbons (Fsp3) is 0. The minimum absolute atomic E-state index is 0.579. The summed E-state index contributed by atoms with van der Waals surface area (Å²) in [5.41, 5.74) is 12.2. The van der Waals surface area contributed by atoms with Crippen LogP contribution in [0.3, 0.4) is 0 Å². The molecule has 0 amide bonds. The average molecular weight is 206 g/mol. The number of rotatable bonds is 0. The van der Waals surface area contributed by atoms with Crippen LogP contribution in [0.1, 0.15) is 0 Å². The van der Waals surface area contributed by atoms with Gasteiger partial charge in [-0.05, 0) is 24.3 Å². The maximum atomic E-state index is 9.92. The Balaban J connectivity index is 0.000000151. The molecule has 0 aromatic heterocycles. The van der Waals surface area contributed by atoms with Crippen LogP contribution in [0.5, 0.6) is 0 Å². The zero-order valence-corrected chi connectivity index (χ0v) is 7.84. The summed E-state index contributed by atoms with van der Waals surface area (Å²) < 4.78 is 3.97. The van der Waals surface area contributed by atoms with Crippen LogP contribution < -0.4 is 11.5 Å². The Kier molecular flexibility index (Phi) is 3.45. The van der Waals surface area contributed by atoms with E-state index in [0.29, 0.717) is 0 Å². The number of hydrogen-bond acceptors (Lipinski definition) is 5. The van der Waals surface area contributed by atoms with Crippen molar-refractivity contribution in [2.45, 2.75) is 0 Å². The average Bonchev–Trinajstić information content (AvgIpc) is 2.56. The van der Waals surface area contributed by atoms with Crippen molar-refractivity contribution in [2.75, 3.05) is 11.5 Å². The lowest BCUT2D eigenvalue weighted by atomic mass is 10.3. The Bertz CT molecular complexity index is 359. The van der Waals surface area contributed by atoms with Crippen molar-refractivity contribution in [1.82, 2.24) is 0 Å². The number of anilines is 2. The lowest BCUT2D eigenvalue weighted by Gasteiger charge is -1.90. The van der Waals surface area contributed by atoms with Gasteiger partial charge >= 0.3 is 11.9 Å². The fourth-order valence-electron chi connectivity index (χ4n) is 0.799. The van der Waals surface area contributed by atoms with Gasteiger partial charge < -0.3 is 16.2 Å². The molecule has 0 spiro atoms. The van der Waals surface area contributed by atoms with E-state index in [9.17, 15) is 9.59 Å². The molecular formula is C10H10N2O3. The number of carbonyl (C=O) groups excluding carboxylic acids is 2. The van der Waals surface area contributed by atoms with Gasteiger partial charge in [0.1, 0.15) is 0 Å². The molecule has 0 aliphatic carbocycles. The molecular weight excluding hydrogens is 196 g/mol. The van der Waals surface area contributed by atoms with Crippen molar-refractivity contribution < 1.29 is 14.3 Å². The van der Waals surface area contributed by atoms with Gasteiger partial charge in [-0.1, -0.05) is 0 Å². The van der Waals surface area contributed by atoms with Gasteiger partial charge in [0.2, 0.25) is 0 Å². The van der Waals surface area contributed by atoms with Crippen LogP contribution in [-0.2, 0) is 14.3 Å². The van der Waals surface area contributed by atoms with Crippen LogP contribution in [0.2, 0.25) is 0 Å². The molecule has 78 valence electrons. The second-order valence-corrected chi connectivity index (χ2v) is 2.74. The molecule has 1 aromatic rings. The largest absolute Gasteiger partial charge is 0.399 e. The van der Waals surface area contributed by atoms with Crippen LogP contribution in [-0.4, -0.2) is 11.9 Å². The number of ether oxygens (including phenoxy) is 1. The molecule has 1 heterocycles. The molecule has 1 aliphatic heterocycles. The van der Waals surface area contributed by atoms with Crippen molar-refractivity contribution in [3.63, 3.8) is 0 Å². The lowest BCUT2D eigenvalue weighted by Crippen LogP contribution is -1.96. The van der Waals surface area contributed by atoms with Crippen LogP contribution in [0, 0.1) is 0 Å². The summed E-state index contributed by atoms with van der Waals surface area (Å²) in [5, 5.41) is 0. The lowest BCUT2D eigenvalue weighted by molar-refractivity contribution is -0.150. The fourth-order valence-corrected chi connectivity index (χ4v) is 0.799. The zero-order valence-electron chi connectivity index (χ0n) is 7.84. The van der Waals surface area contributed by atoms with Gasteiger partial charge in [-0.15, -0.1) is 0 Å². The van der Waals surface area contributed by atoms with Crippen LogP contribution in [0.25, 0.3) is 0 Å². The first-order valence-electron chi connectivity index (χ1n) is 4.13. The number of nitrogens with two attached hydrogens (primary N) is 2. The number of esters is 2. The van der Waals surface area contributed by atoms with Crippen molar-refractivity contribution in [3.8, 4) is 0 Å². The number of cyclic esters (lactones) is 2. The molecule has 5 nitrogen and oxygen atoms in total. The minimum atomic E-state index is -0.579. The van der Waals surface area contributed by atoms with Crippen LogP contribution >= 0.6 is 0 Å². The van der Waals surface area contributed by atoms with E-state index < -0.39 is 11.9 Å². The van der Waals surface area contributed by atoms with E-state index in [1.165, 1.54) is 0 Å². The summed E-state index contributed by atoms with van der Waals surface area (Å²) in [6.45, 7) is 0. The maximum Gasteiger partial charge on any atom is 0.338 e. The molecule has 0 radical (unpaired) electrons. The molecule has 4 N–H and O–H groups in total. The Labute approximate surface area is 86.3 Å².